The van der Waals surface area contributed by atoms with Gasteiger partial charge in [-0.1, -0.05) is 6.42 Å². The van der Waals surface area contributed by atoms with E-state index < -0.39 is 9.84 Å². The van der Waals surface area contributed by atoms with Crippen LogP contribution in [-0.2, 0) is 9.84 Å². The van der Waals surface area contributed by atoms with Crippen molar-refractivity contribution in [3.8, 4) is 0 Å². The molecule has 0 aliphatic carbocycles. The topological polar surface area (TPSA) is 46.2 Å². The van der Waals surface area contributed by atoms with Crippen molar-refractivity contribution in [2.75, 3.05) is 12.3 Å². The van der Waals surface area contributed by atoms with Crippen LogP contribution in [0.2, 0.25) is 0 Å². The molecule has 2 aliphatic rings. The van der Waals surface area contributed by atoms with Gasteiger partial charge in [0.1, 0.15) is 0 Å². The molecule has 1 N–H and O–H groups in total. The Morgan fingerprint density at radius 3 is 2.62 bits per heavy atom. The normalized spacial score (nSPS) is 37.4. The Balaban J connectivity index is 1.95. The predicted octanol–water partition coefficient (Wildman–Crippen LogP) is 1.73. The van der Waals surface area contributed by atoms with Crippen LogP contribution in [-0.4, -0.2) is 31.5 Å². The maximum atomic E-state index is 11.9. The maximum absolute atomic E-state index is 11.9. The zero-order valence-electron chi connectivity index (χ0n) is 10.3. The molecule has 0 spiro atoms. The number of hydrogen-bond acceptors (Lipinski definition) is 3. The predicted molar refractivity (Wildman–Crippen MR) is 66.2 cm³/mol. The second-order valence-corrected chi connectivity index (χ2v) is 8.46. The standard InChI is InChI=1S/C12H23NO2S/c1-12(2)8-10(9-13-12)7-11-5-3-4-6-16(11,14)15/h10-11,13H,3-9H2,1-2H3. The molecule has 4 heteroatoms. The molecule has 2 saturated heterocycles. The fourth-order valence-electron chi connectivity index (χ4n) is 3.11. The first-order chi connectivity index (χ1) is 7.39. The average Bonchev–Trinajstić information content (AvgIpc) is 2.49. The van der Waals surface area contributed by atoms with E-state index in [0.29, 0.717) is 11.7 Å². The van der Waals surface area contributed by atoms with Gasteiger partial charge in [-0.15, -0.1) is 0 Å². The van der Waals surface area contributed by atoms with Crippen molar-refractivity contribution in [2.24, 2.45) is 5.92 Å². The van der Waals surface area contributed by atoms with Crippen molar-refractivity contribution in [3.05, 3.63) is 0 Å². The summed E-state index contributed by atoms with van der Waals surface area (Å²) < 4.78 is 23.8. The van der Waals surface area contributed by atoms with E-state index in [2.05, 4.69) is 19.2 Å². The van der Waals surface area contributed by atoms with Crippen LogP contribution >= 0.6 is 0 Å². The fourth-order valence-corrected chi connectivity index (χ4v) is 5.14. The third-order valence-electron chi connectivity index (χ3n) is 3.98. The van der Waals surface area contributed by atoms with Crippen LogP contribution in [0.15, 0.2) is 0 Å². The molecule has 0 aromatic rings. The Morgan fingerprint density at radius 2 is 2.06 bits per heavy atom. The number of rotatable bonds is 2. The van der Waals surface area contributed by atoms with Crippen molar-refractivity contribution in [1.29, 1.82) is 0 Å². The smallest absolute Gasteiger partial charge is 0.153 e. The molecule has 2 fully saturated rings. The zero-order valence-corrected chi connectivity index (χ0v) is 11.1. The van der Waals surface area contributed by atoms with Crippen LogP contribution in [0.25, 0.3) is 0 Å². The molecule has 2 unspecified atom stereocenters. The van der Waals surface area contributed by atoms with Gasteiger partial charge in [-0.3, -0.25) is 0 Å². The summed E-state index contributed by atoms with van der Waals surface area (Å²) in [5.41, 5.74) is 0.198. The van der Waals surface area contributed by atoms with Gasteiger partial charge in [-0.2, -0.15) is 0 Å². The molecule has 0 bridgehead atoms. The average molecular weight is 245 g/mol. The van der Waals surface area contributed by atoms with Crippen LogP contribution < -0.4 is 5.32 Å². The quantitative estimate of drug-likeness (QED) is 0.806. The van der Waals surface area contributed by atoms with Crippen LogP contribution in [0.4, 0.5) is 0 Å². The molecular weight excluding hydrogens is 222 g/mol. The molecule has 2 rings (SSSR count). The van der Waals surface area contributed by atoms with Gasteiger partial charge in [-0.05, 0) is 52.0 Å². The molecule has 2 aliphatic heterocycles. The van der Waals surface area contributed by atoms with Crippen LogP contribution in [0.3, 0.4) is 0 Å². The summed E-state index contributed by atoms with van der Waals surface area (Å²) in [6.07, 6.45) is 4.83. The molecular formula is C12H23NO2S. The highest BCUT2D eigenvalue weighted by Gasteiger charge is 2.36. The third-order valence-corrected chi connectivity index (χ3v) is 6.28. The van der Waals surface area contributed by atoms with Gasteiger partial charge in [0.15, 0.2) is 9.84 Å². The molecule has 16 heavy (non-hydrogen) atoms. The van der Waals surface area contributed by atoms with E-state index in [1.807, 2.05) is 0 Å². The van der Waals surface area contributed by atoms with Gasteiger partial charge in [0, 0.05) is 5.54 Å². The van der Waals surface area contributed by atoms with Gasteiger partial charge < -0.3 is 5.32 Å². The van der Waals surface area contributed by atoms with E-state index >= 15 is 0 Å². The molecule has 3 nitrogen and oxygen atoms in total. The van der Waals surface area contributed by atoms with Gasteiger partial charge in [0.2, 0.25) is 0 Å². The minimum absolute atomic E-state index is 0.0538. The molecule has 2 heterocycles. The molecule has 0 amide bonds. The lowest BCUT2D eigenvalue weighted by Gasteiger charge is -2.25. The second kappa shape index (κ2) is 4.30. The minimum Gasteiger partial charge on any atom is -0.312 e. The molecule has 0 radical (unpaired) electrons. The maximum Gasteiger partial charge on any atom is 0.153 e. The van der Waals surface area contributed by atoms with Crippen molar-refractivity contribution in [2.45, 2.75) is 56.7 Å². The monoisotopic (exact) mass is 245 g/mol. The molecule has 94 valence electrons. The first-order valence-electron chi connectivity index (χ1n) is 6.36. The summed E-state index contributed by atoms with van der Waals surface area (Å²) in [5.74, 6) is 0.967. The highest BCUT2D eigenvalue weighted by atomic mass is 32.2. The Labute approximate surface area is 98.9 Å². The molecule has 2 atom stereocenters. The van der Waals surface area contributed by atoms with E-state index in [1.165, 1.54) is 0 Å². The van der Waals surface area contributed by atoms with Gasteiger partial charge in [0.25, 0.3) is 0 Å². The lowest BCUT2D eigenvalue weighted by Crippen LogP contribution is -2.31. The zero-order chi connectivity index (χ0) is 11.8. The summed E-state index contributed by atoms with van der Waals surface area (Å²) in [5, 5.41) is 3.41. The summed E-state index contributed by atoms with van der Waals surface area (Å²) in [4.78, 5) is 0. The van der Waals surface area contributed by atoms with Gasteiger partial charge >= 0.3 is 0 Å². The molecule has 0 aromatic carbocycles. The minimum atomic E-state index is -2.78. The van der Waals surface area contributed by atoms with Crippen molar-refractivity contribution in [3.63, 3.8) is 0 Å². The van der Waals surface area contributed by atoms with Crippen LogP contribution in [0.1, 0.15) is 46.0 Å². The number of hydrogen-bond donors (Lipinski definition) is 1. The van der Waals surface area contributed by atoms with Crippen molar-refractivity contribution < 1.29 is 8.42 Å². The van der Waals surface area contributed by atoms with E-state index in [1.54, 1.807) is 0 Å². The Bertz CT molecular complexity index is 348. The van der Waals surface area contributed by atoms with E-state index in [-0.39, 0.29) is 10.8 Å². The number of sulfone groups is 1. The summed E-state index contributed by atoms with van der Waals surface area (Å²) in [6, 6.07) is 0. The summed E-state index contributed by atoms with van der Waals surface area (Å²) >= 11 is 0. The largest absolute Gasteiger partial charge is 0.312 e. The first kappa shape index (κ1) is 12.4. The van der Waals surface area contributed by atoms with Crippen molar-refractivity contribution >= 4 is 9.84 Å². The van der Waals surface area contributed by atoms with Crippen molar-refractivity contribution in [1.82, 2.24) is 5.32 Å². The van der Waals surface area contributed by atoms with Gasteiger partial charge in [-0.25, -0.2) is 8.42 Å². The summed E-state index contributed by atoms with van der Waals surface area (Å²) in [6.45, 7) is 5.38. The first-order valence-corrected chi connectivity index (χ1v) is 8.07. The Hall–Kier alpha value is -0.0900. The Kier molecular flexibility index (Phi) is 3.32. The summed E-state index contributed by atoms with van der Waals surface area (Å²) in [7, 11) is -2.78. The highest BCUT2D eigenvalue weighted by molar-refractivity contribution is 7.92. The van der Waals surface area contributed by atoms with Gasteiger partial charge in [0.05, 0.1) is 11.0 Å². The Morgan fingerprint density at radius 1 is 1.31 bits per heavy atom. The van der Waals surface area contributed by atoms with Crippen LogP contribution in [0, 0.1) is 5.92 Å². The molecule has 0 aromatic heterocycles. The van der Waals surface area contributed by atoms with E-state index in [9.17, 15) is 8.42 Å². The SMILES string of the molecule is CC1(C)CC(CC2CCCCS2(=O)=O)CN1. The van der Waals surface area contributed by atoms with E-state index in [0.717, 1.165) is 38.6 Å². The van der Waals surface area contributed by atoms with Crippen LogP contribution in [0.5, 0.6) is 0 Å². The lowest BCUT2D eigenvalue weighted by atomic mass is 9.92. The van der Waals surface area contributed by atoms with E-state index in [4.69, 9.17) is 0 Å². The molecule has 0 saturated carbocycles. The third kappa shape index (κ3) is 2.77. The number of nitrogens with one attached hydrogen (secondary N) is 1. The lowest BCUT2D eigenvalue weighted by molar-refractivity contribution is 0.417. The highest BCUT2D eigenvalue weighted by Crippen LogP contribution is 2.31. The fraction of sp³-hybridized carbons (Fsp3) is 1.00. The second-order valence-electron chi connectivity index (χ2n) is 6.06.